The maximum absolute atomic E-state index is 7.98. The zero-order valence-corrected chi connectivity index (χ0v) is 22.2. The topological polar surface area (TPSA) is 128 Å². The van der Waals surface area contributed by atoms with Crippen LogP contribution in [0.5, 0.6) is 11.5 Å². The zero-order chi connectivity index (χ0) is 27.6. The van der Waals surface area contributed by atoms with Gasteiger partial charge in [-0.3, -0.25) is 0 Å². The molecule has 0 fully saturated rings. The van der Waals surface area contributed by atoms with Crippen LogP contribution >= 0.6 is 0 Å². The molecular formula is C30H37N5O3. The number of nitrogens with zero attached hydrogens (tertiary/aromatic N) is 2. The van der Waals surface area contributed by atoms with E-state index in [2.05, 4.69) is 21.6 Å². The Labute approximate surface area is 224 Å². The van der Waals surface area contributed by atoms with Gasteiger partial charge in [-0.25, -0.2) is 10.8 Å². The fourth-order valence-corrected chi connectivity index (χ4v) is 3.20. The van der Waals surface area contributed by atoms with E-state index in [1.54, 1.807) is 12.2 Å². The Kier molecular flexibility index (Phi) is 13.4. The third kappa shape index (κ3) is 9.57. The van der Waals surface area contributed by atoms with Crippen LogP contribution in [0.2, 0.25) is 0 Å². The number of rotatable bonds is 8. The molecule has 0 unspecified atom stereocenters. The van der Waals surface area contributed by atoms with E-state index < -0.39 is 0 Å². The molecule has 8 nitrogen and oxygen atoms in total. The van der Waals surface area contributed by atoms with Gasteiger partial charge in [-0.1, -0.05) is 62.4 Å². The lowest BCUT2D eigenvalue weighted by Crippen LogP contribution is -2.31. The van der Waals surface area contributed by atoms with Gasteiger partial charge in [-0.15, -0.1) is 0 Å². The molecule has 1 heterocycles. The minimum absolute atomic E-state index is 0.163. The van der Waals surface area contributed by atoms with Gasteiger partial charge in [0.15, 0.2) is 5.84 Å². The molecule has 0 spiro atoms. The number of aliphatic hydroxyl groups excluding tert-OH is 1. The predicted molar refractivity (Wildman–Crippen MR) is 155 cm³/mol. The molecule has 0 saturated heterocycles. The van der Waals surface area contributed by atoms with E-state index in [0.717, 1.165) is 39.2 Å². The Hall–Kier alpha value is -4.40. The fraction of sp³-hybridized carbons (Fsp3) is 0.200. The second kappa shape index (κ2) is 17.1. The molecule has 1 aromatic heterocycles. The standard InChI is InChI=1S/C24H23N5O2.C4H8O.C2H6/c25-28-24(29-26)19-8-13-22(14-9-19)30-15-17-5-11-21(12-6-17)31-16-20-10-7-18-3-1-2-4-23(18)27-20;1-2-3-4-5;1-2/h1-14H,15-16,25-26H2,(H,28,29);2-3,5H,4H2,1H3;1-2H3/b;3-2-;. The number of aliphatic hydroxyl groups is 1. The lowest BCUT2D eigenvalue weighted by molar-refractivity contribution is 0.298. The minimum Gasteiger partial charge on any atom is -0.489 e. The van der Waals surface area contributed by atoms with Crippen molar-refractivity contribution in [3.8, 4) is 11.5 Å². The SMILES string of the molecule is C/C=C\CO.CC.N/N=C(\NN)c1ccc(OCc2ccc(OCc3ccc4ccccc4n3)cc2)cc1. The first-order chi connectivity index (χ1) is 18.7. The molecule has 0 radical (unpaired) electrons. The fourth-order valence-electron chi connectivity index (χ4n) is 3.20. The minimum atomic E-state index is 0.163. The molecule has 6 N–H and O–H groups in total. The summed E-state index contributed by atoms with van der Waals surface area (Å²) in [5.74, 6) is 12.6. The number of hydrazone groups is 1. The molecule has 0 aliphatic carbocycles. The van der Waals surface area contributed by atoms with Crippen LogP contribution in [0.25, 0.3) is 10.9 Å². The Bertz CT molecular complexity index is 1270. The molecule has 8 heteroatoms. The van der Waals surface area contributed by atoms with Crippen molar-refractivity contribution in [3.63, 3.8) is 0 Å². The summed E-state index contributed by atoms with van der Waals surface area (Å²) in [5.41, 5.74) is 6.12. The number of nitrogens with two attached hydrogens (primary N) is 2. The van der Waals surface area contributed by atoms with Crippen molar-refractivity contribution in [2.45, 2.75) is 34.0 Å². The third-order valence-electron chi connectivity index (χ3n) is 5.11. The number of fused-ring (bicyclic) bond motifs is 1. The number of allylic oxidation sites excluding steroid dienone is 1. The number of pyridine rings is 1. The van der Waals surface area contributed by atoms with E-state index in [-0.39, 0.29) is 6.61 Å². The first-order valence-electron chi connectivity index (χ1n) is 12.4. The summed E-state index contributed by atoms with van der Waals surface area (Å²) in [6.45, 7) is 6.89. The number of hydrogen-bond donors (Lipinski definition) is 4. The van der Waals surface area contributed by atoms with Crippen molar-refractivity contribution >= 4 is 16.7 Å². The number of aromatic nitrogens is 1. The summed E-state index contributed by atoms with van der Waals surface area (Å²) in [6, 6.07) is 27.3. The van der Waals surface area contributed by atoms with Gasteiger partial charge < -0.3 is 25.8 Å². The highest BCUT2D eigenvalue weighted by molar-refractivity contribution is 5.98. The molecule has 4 rings (SSSR count). The second-order valence-corrected chi connectivity index (χ2v) is 7.61. The van der Waals surface area contributed by atoms with Crippen LogP contribution in [0.1, 0.15) is 37.6 Å². The van der Waals surface area contributed by atoms with E-state index in [4.69, 9.17) is 26.3 Å². The number of para-hydroxylation sites is 1. The van der Waals surface area contributed by atoms with Crippen molar-refractivity contribution in [2.24, 2.45) is 16.8 Å². The highest BCUT2D eigenvalue weighted by atomic mass is 16.5. The molecule has 38 heavy (non-hydrogen) atoms. The van der Waals surface area contributed by atoms with Crippen LogP contribution in [0.4, 0.5) is 0 Å². The molecule has 0 aliphatic rings. The number of hydrazine groups is 1. The Morgan fingerprint density at radius 3 is 2.11 bits per heavy atom. The molecule has 4 aromatic rings. The first-order valence-corrected chi connectivity index (χ1v) is 12.4. The second-order valence-electron chi connectivity index (χ2n) is 7.61. The largest absolute Gasteiger partial charge is 0.489 e. The summed E-state index contributed by atoms with van der Waals surface area (Å²) < 4.78 is 11.7. The van der Waals surface area contributed by atoms with Gasteiger partial charge in [0.1, 0.15) is 24.7 Å². The predicted octanol–water partition coefficient (Wildman–Crippen LogP) is 5.06. The summed E-state index contributed by atoms with van der Waals surface area (Å²) in [4.78, 5) is 4.63. The van der Waals surface area contributed by atoms with Gasteiger partial charge in [0.25, 0.3) is 0 Å². The van der Waals surface area contributed by atoms with Gasteiger partial charge in [0, 0.05) is 10.9 Å². The van der Waals surface area contributed by atoms with E-state index >= 15 is 0 Å². The lowest BCUT2D eigenvalue weighted by atomic mass is 10.2. The molecule has 200 valence electrons. The summed E-state index contributed by atoms with van der Waals surface area (Å²) in [6.07, 6.45) is 3.49. The highest BCUT2D eigenvalue weighted by Crippen LogP contribution is 2.18. The first kappa shape index (κ1) is 29.8. The maximum atomic E-state index is 7.98. The van der Waals surface area contributed by atoms with E-state index in [1.807, 2.05) is 99.6 Å². The average molecular weight is 516 g/mol. The van der Waals surface area contributed by atoms with Gasteiger partial charge in [-0.05, 0) is 61.0 Å². The van der Waals surface area contributed by atoms with Gasteiger partial charge in [0.2, 0.25) is 0 Å². The van der Waals surface area contributed by atoms with Crippen LogP contribution in [0, 0.1) is 0 Å². The molecule has 0 amide bonds. The maximum Gasteiger partial charge on any atom is 0.166 e. The van der Waals surface area contributed by atoms with E-state index in [0.29, 0.717) is 19.0 Å². The smallest absolute Gasteiger partial charge is 0.166 e. The van der Waals surface area contributed by atoms with Crippen molar-refractivity contribution in [2.75, 3.05) is 6.61 Å². The number of benzene rings is 3. The molecule has 0 atom stereocenters. The molecule has 0 saturated carbocycles. The van der Waals surface area contributed by atoms with Gasteiger partial charge >= 0.3 is 0 Å². The van der Waals surface area contributed by atoms with Crippen LogP contribution in [-0.2, 0) is 13.2 Å². The Morgan fingerprint density at radius 1 is 0.895 bits per heavy atom. The number of amidine groups is 1. The van der Waals surface area contributed by atoms with Crippen molar-refractivity contribution in [1.82, 2.24) is 10.4 Å². The molecule has 0 bridgehead atoms. The third-order valence-corrected chi connectivity index (χ3v) is 5.11. The normalized spacial score (nSPS) is 10.7. The van der Waals surface area contributed by atoms with Crippen LogP contribution in [-0.4, -0.2) is 22.5 Å². The molecular weight excluding hydrogens is 478 g/mol. The quantitative estimate of drug-likeness (QED) is 0.0849. The molecule has 3 aromatic carbocycles. The van der Waals surface area contributed by atoms with Crippen LogP contribution in [0.15, 0.2) is 102 Å². The van der Waals surface area contributed by atoms with E-state index in [1.165, 1.54) is 0 Å². The number of nitrogens with one attached hydrogen (secondary N) is 1. The van der Waals surface area contributed by atoms with Gasteiger partial charge in [0.05, 0.1) is 17.8 Å². The van der Waals surface area contributed by atoms with Crippen molar-refractivity contribution in [1.29, 1.82) is 0 Å². The van der Waals surface area contributed by atoms with Crippen LogP contribution in [0.3, 0.4) is 0 Å². The highest BCUT2D eigenvalue weighted by Gasteiger charge is 2.03. The zero-order valence-electron chi connectivity index (χ0n) is 22.2. The number of ether oxygens (including phenoxy) is 2. The monoisotopic (exact) mass is 515 g/mol. The summed E-state index contributed by atoms with van der Waals surface area (Å²) in [5, 5.41) is 12.7. The van der Waals surface area contributed by atoms with E-state index in [9.17, 15) is 0 Å². The summed E-state index contributed by atoms with van der Waals surface area (Å²) >= 11 is 0. The Balaban J connectivity index is 0.000000651. The van der Waals surface area contributed by atoms with Crippen LogP contribution < -0.4 is 26.6 Å². The van der Waals surface area contributed by atoms with Crippen molar-refractivity contribution < 1.29 is 14.6 Å². The Morgan fingerprint density at radius 2 is 1.53 bits per heavy atom. The number of hydrogen-bond acceptors (Lipinski definition) is 7. The van der Waals surface area contributed by atoms with Gasteiger partial charge in [-0.2, -0.15) is 5.10 Å². The summed E-state index contributed by atoms with van der Waals surface area (Å²) in [7, 11) is 0. The lowest BCUT2D eigenvalue weighted by Gasteiger charge is -2.10. The molecule has 0 aliphatic heterocycles. The van der Waals surface area contributed by atoms with Crippen molar-refractivity contribution in [3.05, 3.63) is 114 Å². The average Bonchev–Trinajstić information content (AvgIpc) is 2.98.